The monoisotopic (exact) mass is 400 g/mol. The van der Waals surface area contributed by atoms with Crippen molar-refractivity contribution in [2.45, 2.75) is 38.8 Å². The number of aromatic nitrogens is 3. The predicted molar refractivity (Wildman–Crippen MR) is 121 cm³/mol. The van der Waals surface area contributed by atoms with Gasteiger partial charge in [-0.05, 0) is 56.5 Å². The number of nitrogens with one attached hydrogen (secondary N) is 1. The molecule has 2 aromatic heterocycles. The van der Waals surface area contributed by atoms with E-state index in [9.17, 15) is 4.79 Å². The first-order chi connectivity index (χ1) is 14.5. The van der Waals surface area contributed by atoms with Gasteiger partial charge in [-0.3, -0.25) is 4.79 Å². The fraction of sp³-hybridized carbons (Fsp3) is 0.280. The normalized spacial score (nSPS) is 12.4. The molecule has 0 fully saturated rings. The lowest BCUT2D eigenvalue weighted by Crippen LogP contribution is -2.37. The van der Waals surface area contributed by atoms with Crippen molar-refractivity contribution in [3.05, 3.63) is 78.5 Å². The molecule has 0 aliphatic heterocycles. The van der Waals surface area contributed by atoms with Crippen LogP contribution in [0.4, 0.5) is 0 Å². The molecule has 0 saturated heterocycles. The first-order valence-corrected chi connectivity index (χ1v) is 10.5. The summed E-state index contributed by atoms with van der Waals surface area (Å²) in [6.07, 6.45) is 3.52. The number of carbonyl (C=O) groups excluding carboxylic acids is 1. The van der Waals surface area contributed by atoms with Crippen LogP contribution in [0.5, 0.6) is 0 Å². The number of benzene rings is 2. The van der Waals surface area contributed by atoms with Crippen molar-refractivity contribution in [3.63, 3.8) is 0 Å². The quantitative estimate of drug-likeness (QED) is 0.487. The summed E-state index contributed by atoms with van der Waals surface area (Å²) >= 11 is 0. The van der Waals surface area contributed by atoms with E-state index >= 15 is 0 Å². The minimum absolute atomic E-state index is 0.0274. The zero-order chi connectivity index (χ0) is 21.1. The lowest BCUT2D eigenvalue weighted by molar-refractivity contribution is -0.124. The van der Waals surface area contributed by atoms with Crippen LogP contribution in [0.25, 0.3) is 22.6 Å². The number of imidazole rings is 1. The molecule has 1 amide bonds. The Bertz CT molecular complexity index is 1140. The number of carbonyl (C=O) groups is 1. The molecule has 30 heavy (non-hydrogen) atoms. The van der Waals surface area contributed by atoms with Gasteiger partial charge in [0, 0.05) is 19.3 Å². The summed E-state index contributed by atoms with van der Waals surface area (Å²) in [4.78, 5) is 18.3. The van der Waals surface area contributed by atoms with Gasteiger partial charge < -0.3 is 14.5 Å². The van der Waals surface area contributed by atoms with E-state index in [4.69, 9.17) is 4.98 Å². The van der Waals surface area contributed by atoms with Crippen molar-refractivity contribution in [3.8, 4) is 11.5 Å². The Balaban J connectivity index is 1.82. The van der Waals surface area contributed by atoms with Gasteiger partial charge in [0.15, 0.2) is 5.82 Å². The SMILES string of the molecule is CC(C)NC(=O)C(CCc1ccccc1)n1c(-c2cccn2C)nc2ccccc21. The molecule has 0 radical (unpaired) electrons. The van der Waals surface area contributed by atoms with Gasteiger partial charge in [-0.2, -0.15) is 0 Å². The maximum atomic E-state index is 13.4. The van der Waals surface area contributed by atoms with Crippen LogP contribution in [0.2, 0.25) is 0 Å². The van der Waals surface area contributed by atoms with E-state index in [0.717, 1.165) is 29.0 Å². The van der Waals surface area contributed by atoms with Gasteiger partial charge in [-0.1, -0.05) is 42.5 Å². The highest BCUT2D eigenvalue weighted by Crippen LogP contribution is 2.31. The Morgan fingerprint density at radius 2 is 1.73 bits per heavy atom. The van der Waals surface area contributed by atoms with E-state index < -0.39 is 0 Å². The van der Waals surface area contributed by atoms with E-state index in [-0.39, 0.29) is 18.0 Å². The van der Waals surface area contributed by atoms with Gasteiger partial charge >= 0.3 is 0 Å². The molecule has 4 rings (SSSR count). The summed E-state index contributed by atoms with van der Waals surface area (Å²) in [5.74, 6) is 0.847. The van der Waals surface area contributed by atoms with Gasteiger partial charge in [-0.25, -0.2) is 4.98 Å². The number of hydrogen-bond acceptors (Lipinski definition) is 2. The third-order valence-electron chi connectivity index (χ3n) is 5.36. The molecule has 5 nitrogen and oxygen atoms in total. The smallest absolute Gasteiger partial charge is 0.243 e. The molecule has 0 saturated carbocycles. The van der Waals surface area contributed by atoms with Crippen molar-refractivity contribution in [2.24, 2.45) is 7.05 Å². The number of aryl methyl sites for hydroxylation is 2. The van der Waals surface area contributed by atoms with Gasteiger partial charge in [-0.15, -0.1) is 0 Å². The lowest BCUT2D eigenvalue weighted by atomic mass is 10.0. The van der Waals surface area contributed by atoms with Crippen LogP contribution < -0.4 is 5.32 Å². The summed E-state index contributed by atoms with van der Waals surface area (Å²) < 4.78 is 4.16. The third kappa shape index (κ3) is 4.01. The molecule has 0 aliphatic rings. The van der Waals surface area contributed by atoms with Crippen LogP contribution in [0.15, 0.2) is 72.9 Å². The molecule has 1 unspecified atom stereocenters. The molecule has 2 heterocycles. The minimum atomic E-state index is -0.357. The maximum Gasteiger partial charge on any atom is 0.243 e. The maximum absolute atomic E-state index is 13.4. The number of hydrogen-bond donors (Lipinski definition) is 1. The van der Waals surface area contributed by atoms with Crippen molar-refractivity contribution in [2.75, 3.05) is 0 Å². The Kier molecular flexibility index (Phi) is 5.70. The fourth-order valence-corrected chi connectivity index (χ4v) is 3.94. The average molecular weight is 401 g/mol. The van der Waals surface area contributed by atoms with E-state index in [1.807, 2.05) is 86.3 Å². The van der Waals surface area contributed by atoms with Gasteiger partial charge in [0.05, 0.1) is 16.7 Å². The summed E-state index contributed by atoms with van der Waals surface area (Å²) in [6, 6.07) is 22.1. The fourth-order valence-electron chi connectivity index (χ4n) is 3.94. The molecule has 154 valence electrons. The van der Waals surface area contributed by atoms with Crippen LogP contribution in [0, 0.1) is 0 Å². The standard InChI is InChI=1S/C25H28N4O/c1-18(2)26-25(30)23(16-15-19-10-5-4-6-11-19)29-21-13-8-7-12-20(21)27-24(29)22-14-9-17-28(22)3/h4-14,17-18,23H,15-16H2,1-3H3,(H,26,30). The van der Waals surface area contributed by atoms with Crippen LogP contribution in [-0.4, -0.2) is 26.1 Å². The Labute approximate surface area is 177 Å². The average Bonchev–Trinajstić information content (AvgIpc) is 3.32. The van der Waals surface area contributed by atoms with Crippen LogP contribution >= 0.6 is 0 Å². The molecule has 4 aromatic rings. The number of nitrogens with zero attached hydrogens (tertiary/aromatic N) is 3. The van der Waals surface area contributed by atoms with Crippen molar-refractivity contribution < 1.29 is 4.79 Å². The molecular weight excluding hydrogens is 372 g/mol. The highest BCUT2D eigenvalue weighted by molar-refractivity contribution is 5.87. The van der Waals surface area contributed by atoms with Gasteiger partial charge in [0.2, 0.25) is 5.91 Å². The molecular formula is C25H28N4O. The highest BCUT2D eigenvalue weighted by Gasteiger charge is 2.27. The Morgan fingerprint density at radius 3 is 2.43 bits per heavy atom. The number of rotatable bonds is 7. The summed E-state index contributed by atoms with van der Waals surface area (Å²) in [5, 5.41) is 3.12. The number of para-hydroxylation sites is 2. The predicted octanol–water partition coefficient (Wildman–Crippen LogP) is 4.74. The molecule has 1 N–H and O–H groups in total. The van der Waals surface area contributed by atoms with E-state index in [1.54, 1.807) is 0 Å². The second kappa shape index (κ2) is 8.57. The summed E-state index contributed by atoms with van der Waals surface area (Å²) in [7, 11) is 2.01. The van der Waals surface area contributed by atoms with Gasteiger partial charge in [0.1, 0.15) is 6.04 Å². The molecule has 2 aromatic carbocycles. The number of amides is 1. The summed E-state index contributed by atoms with van der Waals surface area (Å²) in [5.41, 5.74) is 4.10. The van der Waals surface area contributed by atoms with Crippen molar-refractivity contribution in [1.82, 2.24) is 19.4 Å². The molecule has 0 spiro atoms. The minimum Gasteiger partial charge on any atom is -0.352 e. The van der Waals surface area contributed by atoms with E-state index in [2.05, 4.69) is 22.0 Å². The van der Waals surface area contributed by atoms with Gasteiger partial charge in [0.25, 0.3) is 0 Å². The second-order valence-corrected chi connectivity index (χ2v) is 8.00. The Hall–Kier alpha value is -3.34. The van der Waals surface area contributed by atoms with Crippen molar-refractivity contribution in [1.29, 1.82) is 0 Å². The summed E-state index contributed by atoms with van der Waals surface area (Å²) in [6.45, 7) is 3.99. The molecule has 5 heteroatoms. The van der Waals surface area contributed by atoms with Crippen LogP contribution in [0.3, 0.4) is 0 Å². The Morgan fingerprint density at radius 1 is 1.00 bits per heavy atom. The van der Waals surface area contributed by atoms with Crippen LogP contribution in [0.1, 0.15) is 31.9 Å². The van der Waals surface area contributed by atoms with Crippen molar-refractivity contribution >= 4 is 16.9 Å². The second-order valence-electron chi connectivity index (χ2n) is 8.00. The zero-order valence-corrected chi connectivity index (χ0v) is 17.7. The van der Waals surface area contributed by atoms with Crippen LogP contribution in [-0.2, 0) is 18.3 Å². The molecule has 0 aliphatic carbocycles. The van der Waals surface area contributed by atoms with E-state index in [1.165, 1.54) is 5.56 Å². The first-order valence-electron chi connectivity index (χ1n) is 10.5. The largest absolute Gasteiger partial charge is 0.352 e. The first kappa shape index (κ1) is 20.0. The highest BCUT2D eigenvalue weighted by atomic mass is 16.2. The molecule has 0 bridgehead atoms. The lowest BCUT2D eigenvalue weighted by Gasteiger charge is -2.23. The number of fused-ring (bicyclic) bond motifs is 1. The van der Waals surface area contributed by atoms with E-state index in [0.29, 0.717) is 6.42 Å². The molecule has 1 atom stereocenters. The zero-order valence-electron chi connectivity index (χ0n) is 17.7. The topological polar surface area (TPSA) is 51.9 Å². The third-order valence-corrected chi connectivity index (χ3v) is 5.36.